The Morgan fingerprint density at radius 2 is 1.87 bits per heavy atom. The second-order valence-electron chi connectivity index (χ2n) is 6.74. The maximum Gasteiger partial charge on any atom is 0.263 e. The van der Waals surface area contributed by atoms with Crippen LogP contribution in [0.15, 0.2) is 36.4 Å². The summed E-state index contributed by atoms with van der Waals surface area (Å²) < 4.78 is 21.6. The zero-order chi connectivity index (χ0) is 21.1. The fraction of sp³-hybridized carbons (Fsp3) is 0.273. The number of anilines is 1. The topological polar surface area (TPSA) is 94.7 Å². The predicted octanol–water partition coefficient (Wildman–Crippen LogP) is 4.03. The zero-order valence-electron chi connectivity index (χ0n) is 17.1. The Kier molecular flexibility index (Phi) is 5.47. The molecule has 1 aliphatic rings. The molecule has 156 valence electrons. The molecule has 0 saturated carbocycles. The first-order valence-corrected chi connectivity index (χ1v) is 9.65. The first-order chi connectivity index (χ1) is 14.7. The molecule has 2 heterocycles. The Bertz CT molecular complexity index is 1050. The molecular weight excluding hydrogens is 386 g/mol. The molecule has 0 spiro atoms. The van der Waals surface area contributed by atoms with Gasteiger partial charge in [0.15, 0.2) is 11.5 Å². The number of aryl methyl sites for hydroxylation is 1. The zero-order valence-corrected chi connectivity index (χ0v) is 17.1. The van der Waals surface area contributed by atoms with Crippen molar-refractivity contribution in [1.82, 2.24) is 10.2 Å². The van der Waals surface area contributed by atoms with Gasteiger partial charge in [-0.05, 0) is 36.8 Å². The van der Waals surface area contributed by atoms with Gasteiger partial charge in [-0.25, -0.2) is 0 Å². The van der Waals surface area contributed by atoms with Crippen molar-refractivity contribution in [3.63, 3.8) is 0 Å². The number of hydrogen-bond donors (Lipinski definition) is 2. The van der Waals surface area contributed by atoms with E-state index in [1.165, 1.54) is 14.2 Å². The van der Waals surface area contributed by atoms with Crippen LogP contribution in [0.3, 0.4) is 0 Å². The van der Waals surface area contributed by atoms with Crippen LogP contribution in [0, 0.1) is 0 Å². The SMILES string of the molecule is CCCc1[nH]nc(-c2ccc3c(c2)OCO3)c1NC(=O)c1c(OC)cccc1OC. The molecule has 3 aromatic rings. The van der Waals surface area contributed by atoms with Crippen LogP contribution >= 0.6 is 0 Å². The molecule has 8 nitrogen and oxygen atoms in total. The summed E-state index contributed by atoms with van der Waals surface area (Å²) >= 11 is 0. The molecule has 2 N–H and O–H groups in total. The number of rotatable bonds is 7. The van der Waals surface area contributed by atoms with Gasteiger partial charge < -0.3 is 24.3 Å². The number of amides is 1. The number of carbonyl (C=O) groups is 1. The summed E-state index contributed by atoms with van der Waals surface area (Å²) in [6, 6.07) is 10.8. The molecule has 1 aromatic heterocycles. The molecule has 0 fully saturated rings. The molecule has 0 unspecified atom stereocenters. The van der Waals surface area contributed by atoms with Crippen molar-refractivity contribution in [2.75, 3.05) is 26.3 Å². The Morgan fingerprint density at radius 1 is 1.13 bits per heavy atom. The van der Waals surface area contributed by atoms with Crippen molar-refractivity contribution in [2.24, 2.45) is 0 Å². The third kappa shape index (κ3) is 3.52. The van der Waals surface area contributed by atoms with Crippen LogP contribution in [0.5, 0.6) is 23.0 Å². The van der Waals surface area contributed by atoms with E-state index in [0.717, 1.165) is 24.1 Å². The van der Waals surface area contributed by atoms with Crippen LogP contribution in [0.25, 0.3) is 11.3 Å². The van der Waals surface area contributed by atoms with Gasteiger partial charge >= 0.3 is 0 Å². The van der Waals surface area contributed by atoms with Crippen LogP contribution < -0.4 is 24.3 Å². The summed E-state index contributed by atoms with van der Waals surface area (Å²) in [7, 11) is 3.04. The van der Waals surface area contributed by atoms with Crippen LogP contribution in [0.1, 0.15) is 29.4 Å². The van der Waals surface area contributed by atoms with Gasteiger partial charge in [0.05, 0.1) is 25.6 Å². The summed E-state index contributed by atoms with van der Waals surface area (Å²) in [5.41, 5.74) is 3.21. The Morgan fingerprint density at radius 3 is 2.57 bits per heavy atom. The van der Waals surface area contributed by atoms with Crippen molar-refractivity contribution in [3.8, 4) is 34.3 Å². The van der Waals surface area contributed by atoms with Crippen LogP contribution in [-0.4, -0.2) is 37.1 Å². The highest BCUT2D eigenvalue weighted by Crippen LogP contribution is 2.39. The van der Waals surface area contributed by atoms with Crippen molar-refractivity contribution in [2.45, 2.75) is 19.8 Å². The number of methoxy groups -OCH3 is 2. The fourth-order valence-electron chi connectivity index (χ4n) is 3.45. The monoisotopic (exact) mass is 409 g/mol. The quantitative estimate of drug-likeness (QED) is 0.612. The third-order valence-electron chi connectivity index (χ3n) is 4.88. The van der Waals surface area contributed by atoms with Gasteiger partial charge in [0.25, 0.3) is 5.91 Å². The summed E-state index contributed by atoms with van der Waals surface area (Å²) in [5, 5.41) is 10.5. The number of benzene rings is 2. The maximum atomic E-state index is 13.2. The molecule has 0 bridgehead atoms. The first kappa shape index (κ1) is 19.6. The van der Waals surface area contributed by atoms with E-state index in [1.807, 2.05) is 18.2 Å². The molecule has 4 rings (SSSR count). The largest absolute Gasteiger partial charge is 0.496 e. The van der Waals surface area contributed by atoms with E-state index >= 15 is 0 Å². The van der Waals surface area contributed by atoms with Crippen LogP contribution in [-0.2, 0) is 6.42 Å². The molecule has 1 amide bonds. The molecule has 2 aromatic carbocycles. The molecule has 0 radical (unpaired) electrons. The second kappa shape index (κ2) is 8.36. The predicted molar refractivity (Wildman–Crippen MR) is 112 cm³/mol. The Hall–Kier alpha value is -3.68. The molecular formula is C22H23N3O5. The lowest BCUT2D eigenvalue weighted by Gasteiger charge is -2.14. The number of aromatic nitrogens is 2. The number of nitrogens with zero attached hydrogens (tertiary/aromatic N) is 1. The fourth-order valence-corrected chi connectivity index (χ4v) is 3.45. The third-order valence-corrected chi connectivity index (χ3v) is 4.88. The van der Waals surface area contributed by atoms with Gasteiger partial charge in [-0.3, -0.25) is 9.89 Å². The highest BCUT2D eigenvalue weighted by atomic mass is 16.7. The Labute approximate surface area is 174 Å². The van der Waals surface area contributed by atoms with E-state index in [2.05, 4.69) is 22.4 Å². The number of fused-ring (bicyclic) bond motifs is 1. The van der Waals surface area contributed by atoms with Gasteiger partial charge in [-0.2, -0.15) is 5.10 Å². The van der Waals surface area contributed by atoms with Crippen molar-refractivity contribution in [3.05, 3.63) is 47.7 Å². The average Bonchev–Trinajstić information content (AvgIpc) is 3.39. The number of hydrogen-bond acceptors (Lipinski definition) is 6. The summed E-state index contributed by atoms with van der Waals surface area (Å²) in [6.07, 6.45) is 1.62. The smallest absolute Gasteiger partial charge is 0.263 e. The number of ether oxygens (including phenoxy) is 4. The Balaban J connectivity index is 1.74. The summed E-state index contributed by atoms with van der Waals surface area (Å²) in [6.45, 7) is 2.26. The lowest BCUT2D eigenvalue weighted by molar-refractivity contribution is 0.102. The van der Waals surface area contributed by atoms with Gasteiger partial charge in [0.2, 0.25) is 6.79 Å². The lowest BCUT2D eigenvalue weighted by atomic mass is 10.1. The van der Waals surface area contributed by atoms with Crippen LogP contribution in [0.2, 0.25) is 0 Å². The molecule has 0 aliphatic carbocycles. The van der Waals surface area contributed by atoms with Crippen molar-refractivity contribution < 1.29 is 23.7 Å². The molecule has 0 saturated heterocycles. The number of nitrogens with one attached hydrogen (secondary N) is 2. The highest BCUT2D eigenvalue weighted by molar-refractivity contribution is 6.10. The van der Waals surface area contributed by atoms with Gasteiger partial charge in [-0.15, -0.1) is 0 Å². The lowest BCUT2D eigenvalue weighted by Crippen LogP contribution is -2.16. The van der Waals surface area contributed by atoms with Gasteiger partial charge in [0, 0.05) is 5.56 Å². The van der Waals surface area contributed by atoms with Gasteiger partial charge in [-0.1, -0.05) is 19.4 Å². The number of carbonyl (C=O) groups excluding carboxylic acids is 1. The summed E-state index contributed by atoms with van der Waals surface area (Å²) in [5.74, 6) is 1.85. The van der Waals surface area contributed by atoms with E-state index in [0.29, 0.717) is 39.9 Å². The molecule has 30 heavy (non-hydrogen) atoms. The van der Waals surface area contributed by atoms with E-state index in [4.69, 9.17) is 18.9 Å². The van der Waals surface area contributed by atoms with E-state index < -0.39 is 0 Å². The minimum absolute atomic E-state index is 0.192. The highest BCUT2D eigenvalue weighted by Gasteiger charge is 2.24. The van der Waals surface area contributed by atoms with Crippen molar-refractivity contribution in [1.29, 1.82) is 0 Å². The van der Waals surface area contributed by atoms with Crippen molar-refractivity contribution >= 4 is 11.6 Å². The maximum absolute atomic E-state index is 13.2. The molecule has 0 atom stereocenters. The van der Waals surface area contributed by atoms with Gasteiger partial charge in [0.1, 0.15) is 22.8 Å². The normalized spacial score (nSPS) is 12.0. The molecule has 8 heteroatoms. The first-order valence-electron chi connectivity index (χ1n) is 9.65. The van der Waals surface area contributed by atoms with Crippen LogP contribution in [0.4, 0.5) is 5.69 Å². The second-order valence-corrected chi connectivity index (χ2v) is 6.74. The molecule has 1 aliphatic heterocycles. The standard InChI is InChI=1S/C22H23N3O5/c1-4-6-14-21(23-22(26)19-16(27-2)7-5-8-17(19)28-3)20(25-24-14)13-9-10-15-18(11-13)30-12-29-15/h5,7-11H,4,6,12H2,1-3H3,(H,23,26)(H,24,25). The average molecular weight is 409 g/mol. The van der Waals surface area contributed by atoms with E-state index in [9.17, 15) is 4.79 Å². The minimum atomic E-state index is -0.343. The van der Waals surface area contributed by atoms with E-state index in [1.54, 1.807) is 18.2 Å². The summed E-state index contributed by atoms with van der Waals surface area (Å²) in [4.78, 5) is 13.2. The number of H-pyrrole nitrogens is 1. The van der Waals surface area contributed by atoms with E-state index in [-0.39, 0.29) is 12.7 Å². The number of aromatic amines is 1. The minimum Gasteiger partial charge on any atom is -0.496 e.